The van der Waals surface area contributed by atoms with Gasteiger partial charge in [-0.15, -0.1) is 0 Å². The van der Waals surface area contributed by atoms with Gasteiger partial charge in [-0.1, -0.05) is 66.6 Å². The lowest BCUT2D eigenvalue weighted by molar-refractivity contribution is -0.129. The molecule has 0 radical (unpaired) electrons. The molecule has 2 aromatic rings. The summed E-state index contributed by atoms with van der Waals surface area (Å²) in [7, 11) is 1.32. The molecule has 0 heterocycles. The molecule has 0 unspecified atom stereocenters. The number of rotatable bonds is 6. The van der Waals surface area contributed by atoms with Crippen LogP contribution in [0.3, 0.4) is 0 Å². The van der Waals surface area contributed by atoms with Crippen LogP contribution in [0.1, 0.15) is 48.1 Å². The number of fused-ring (bicyclic) bond motifs is 1. The van der Waals surface area contributed by atoms with Gasteiger partial charge in [0.2, 0.25) is 0 Å². The second kappa shape index (κ2) is 7.84. The summed E-state index contributed by atoms with van der Waals surface area (Å²) >= 11 is 0. The summed E-state index contributed by atoms with van der Waals surface area (Å²) in [6, 6.07) is 13.6. The van der Waals surface area contributed by atoms with Crippen molar-refractivity contribution < 1.29 is 19.6 Å². The van der Waals surface area contributed by atoms with Crippen LogP contribution in [0.2, 0.25) is 0 Å². The molecule has 0 amide bonds. The molecule has 0 aromatic heterocycles. The van der Waals surface area contributed by atoms with E-state index in [1.165, 1.54) is 12.7 Å². The number of carboxylic acid groups (broad SMARTS) is 1. The fourth-order valence-electron chi connectivity index (χ4n) is 3.60. The van der Waals surface area contributed by atoms with Crippen LogP contribution in [0, 0.1) is 6.92 Å². The number of aliphatic carboxylic acids is 1. The predicted octanol–water partition coefficient (Wildman–Crippen LogP) is 4.03. The van der Waals surface area contributed by atoms with Crippen LogP contribution < -0.4 is 0 Å². The number of aryl methyl sites for hydroxylation is 1. The first-order chi connectivity index (χ1) is 13.3. The Morgan fingerprint density at radius 3 is 2.64 bits per heavy atom. The first-order valence-electron chi connectivity index (χ1n) is 9.07. The van der Waals surface area contributed by atoms with Gasteiger partial charge in [0.15, 0.2) is 5.71 Å². The Morgan fingerprint density at radius 2 is 1.93 bits per heavy atom. The van der Waals surface area contributed by atoms with Crippen LogP contribution in [0.15, 0.2) is 52.8 Å². The first kappa shape index (κ1) is 19.6. The number of hydrogen-bond acceptors (Lipinski definition) is 5. The van der Waals surface area contributed by atoms with E-state index in [9.17, 15) is 9.90 Å². The van der Waals surface area contributed by atoms with Gasteiger partial charge in [-0.3, -0.25) is 0 Å². The zero-order valence-electron chi connectivity index (χ0n) is 16.5. The second-order valence-electron chi connectivity index (χ2n) is 7.45. The van der Waals surface area contributed by atoms with E-state index in [1.807, 2.05) is 25.1 Å². The van der Waals surface area contributed by atoms with Crippen LogP contribution in [-0.2, 0) is 26.5 Å². The summed E-state index contributed by atoms with van der Waals surface area (Å²) in [6.45, 7) is 6.42. The maximum absolute atomic E-state index is 11.6. The van der Waals surface area contributed by atoms with Crippen molar-refractivity contribution >= 4 is 17.4 Å². The Labute approximate surface area is 164 Å². The zero-order valence-corrected chi connectivity index (χ0v) is 16.5. The number of nitrogens with zero attached hydrogens (tertiary/aromatic N) is 2. The molecule has 6 nitrogen and oxygen atoms in total. The van der Waals surface area contributed by atoms with E-state index in [-0.39, 0.29) is 17.7 Å². The van der Waals surface area contributed by atoms with Gasteiger partial charge in [0.25, 0.3) is 0 Å². The molecule has 0 atom stereocenters. The van der Waals surface area contributed by atoms with Crippen molar-refractivity contribution in [2.24, 2.45) is 10.3 Å². The average Bonchev–Trinajstić information content (AvgIpc) is 2.92. The Bertz CT molecular complexity index is 961. The molecule has 1 aliphatic rings. The van der Waals surface area contributed by atoms with E-state index < -0.39 is 5.97 Å². The highest BCUT2D eigenvalue weighted by Crippen LogP contribution is 2.38. The summed E-state index contributed by atoms with van der Waals surface area (Å²) < 4.78 is 0. The molecule has 0 aliphatic heterocycles. The van der Waals surface area contributed by atoms with Gasteiger partial charge in [0.05, 0.1) is 5.71 Å². The van der Waals surface area contributed by atoms with Gasteiger partial charge in [0, 0.05) is 23.1 Å². The highest BCUT2D eigenvalue weighted by molar-refractivity contribution is 6.42. The zero-order chi connectivity index (χ0) is 20.3. The molecule has 0 saturated carbocycles. The summed E-state index contributed by atoms with van der Waals surface area (Å²) in [4.78, 5) is 21.9. The van der Waals surface area contributed by atoms with Gasteiger partial charge in [0.1, 0.15) is 13.7 Å². The lowest BCUT2D eigenvalue weighted by atomic mass is 9.87. The molecule has 0 bridgehead atoms. The third-order valence-corrected chi connectivity index (χ3v) is 5.01. The quantitative estimate of drug-likeness (QED) is 0.606. The predicted molar refractivity (Wildman–Crippen MR) is 108 cm³/mol. The van der Waals surface area contributed by atoms with E-state index in [2.05, 4.69) is 36.3 Å². The van der Waals surface area contributed by atoms with Crippen molar-refractivity contribution in [2.75, 3.05) is 7.11 Å². The Hall–Kier alpha value is -3.15. The second-order valence-corrected chi connectivity index (χ2v) is 7.45. The third-order valence-electron chi connectivity index (χ3n) is 5.01. The third kappa shape index (κ3) is 3.76. The van der Waals surface area contributed by atoms with Crippen LogP contribution in [0.5, 0.6) is 0 Å². The lowest BCUT2D eigenvalue weighted by Gasteiger charge is -2.17. The van der Waals surface area contributed by atoms with Crippen molar-refractivity contribution in [3.8, 4) is 0 Å². The van der Waals surface area contributed by atoms with Crippen LogP contribution >= 0.6 is 0 Å². The molecule has 28 heavy (non-hydrogen) atoms. The standard InChI is InChI=1S/C22H24N2O4/c1-14-8-7-10-15(20(21(25)26)24-27-4)17(14)13-28-23-19-12-22(2,3)18-11-6-5-9-16(18)19/h5-11H,12-13H2,1-4H3,(H,25,26)/b23-19+,24-20+. The van der Waals surface area contributed by atoms with Crippen molar-refractivity contribution in [3.63, 3.8) is 0 Å². The van der Waals surface area contributed by atoms with Gasteiger partial charge in [-0.25, -0.2) is 4.79 Å². The molecule has 1 aliphatic carbocycles. The van der Waals surface area contributed by atoms with Gasteiger partial charge in [-0.2, -0.15) is 0 Å². The maximum Gasteiger partial charge on any atom is 0.358 e. The van der Waals surface area contributed by atoms with Gasteiger partial charge in [-0.05, 0) is 23.5 Å². The summed E-state index contributed by atoms with van der Waals surface area (Å²) in [6.07, 6.45) is 0.790. The number of oxime groups is 2. The first-order valence-corrected chi connectivity index (χ1v) is 9.07. The minimum absolute atomic E-state index is 0.00815. The normalized spacial score (nSPS) is 16.7. The number of carbonyl (C=O) groups is 1. The van der Waals surface area contributed by atoms with E-state index in [4.69, 9.17) is 9.68 Å². The molecule has 2 aromatic carbocycles. The van der Waals surface area contributed by atoms with Crippen LogP contribution in [-0.4, -0.2) is 29.6 Å². The topological polar surface area (TPSA) is 80.5 Å². The van der Waals surface area contributed by atoms with Crippen LogP contribution in [0.4, 0.5) is 0 Å². The largest absolute Gasteiger partial charge is 0.476 e. The van der Waals surface area contributed by atoms with Crippen molar-refractivity contribution in [1.82, 2.24) is 0 Å². The molecular formula is C22H24N2O4. The maximum atomic E-state index is 11.6. The molecule has 3 rings (SSSR count). The highest BCUT2D eigenvalue weighted by atomic mass is 16.6. The van der Waals surface area contributed by atoms with Crippen LogP contribution in [0.25, 0.3) is 0 Å². The molecular weight excluding hydrogens is 356 g/mol. The number of carboxylic acids is 1. The fourth-order valence-corrected chi connectivity index (χ4v) is 3.60. The number of benzene rings is 2. The smallest absolute Gasteiger partial charge is 0.358 e. The van der Waals surface area contributed by atoms with Crippen molar-refractivity contribution in [3.05, 3.63) is 70.3 Å². The Kier molecular flexibility index (Phi) is 5.49. The van der Waals surface area contributed by atoms with E-state index in [1.54, 1.807) is 12.1 Å². The lowest BCUT2D eigenvalue weighted by Crippen LogP contribution is -2.18. The number of hydrogen-bond donors (Lipinski definition) is 1. The Morgan fingerprint density at radius 1 is 1.18 bits per heavy atom. The van der Waals surface area contributed by atoms with E-state index >= 15 is 0 Å². The van der Waals surface area contributed by atoms with E-state index in [0.717, 1.165) is 28.8 Å². The molecule has 0 saturated heterocycles. The molecule has 0 fully saturated rings. The molecule has 1 N–H and O–H groups in total. The minimum atomic E-state index is -1.16. The molecule has 6 heteroatoms. The van der Waals surface area contributed by atoms with Crippen molar-refractivity contribution in [1.29, 1.82) is 0 Å². The Balaban J connectivity index is 1.88. The summed E-state index contributed by atoms with van der Waals surface area (Å²) in [5, 5.41) is 17.5. The monoisotopic (exact) mass is 380 g/mol. The van der Waals surface area contributed by atoms with E-state index in [0.29, 0.717) is 5.56 Å². The van der Waals surface area contributed by atoms with Gasteiger partial charge >= 0.3 is 5.97 Å². The fraction of sp³-hybridized carbons (Fsp3) is 0.318. The SMILES string of the molecule is CO/N=C(/C(=O)O)c1cccc(C)c1CO/N=C1\CC(C)(C)c2ccccc21. The average molecular weight is 380 g/mol. The van der Waals surface area contributed by atoms with Crippen molar-refractivity contribution in [2.45, 2.75) is 39.2 Å². The highest BCUT2D eigenvalue weighted by Gasteiger charge is 2.34. The molecule has 0 spiro atoms. The molecule has 146 valence electrons. The summed E-state index contributed by atoms with van der Waals surface area (Å²) in [5.41, 5.74) is 5.18. The summed E-state index contributed by atoms with van der Waals surface area (Å²) in [5.74, 6) is -1.16. The van der Waals surface area contributed by atoms with Gasteiger partial charge < -0.3 is 14.8 Å². The minimum Gasteiger partial charge on any atom is -0.476 e.